The van der Waals surface area contributed by atoms with Gasteiger partial charge in [-0.15, -0.1) is 0 Å². The molecule has 1 aliphatic heterocycles. The van der Waals surface area contributed by atoms with Crippen LogP contribution < -0.4 is 25.2 Å². The van der Waals surface area contributed by atoms with Gasteiger partial charge in [0.05, 0.1) is 12.8 Å². The Morgan fingerprint density at radius 2 is 1.88 bits per heavy atom. The number of ether oxygens (including phenoxy) is 1. The molecule has 0 bridgehead atoms. The van der Waals surface area contributed by atoms with E-state index in [0.29, 0.717) is 43.6 Å². The van der Waals surface area contributed by atoms with Crippen LogP contribution in [0.15, 0.2) is 73.6 Å². The molecule has 0 saturated carbocycles. The molecule has 1 atom stereocenters. The molecule has 2 heterocycles. The zero-order chi connectivity index (χ0) is 30.8. The van der Waals surface area contributed by atoms with Crippen molar-refractivity contribution in [1.29, 1.82) is 0 Å². The van der Waals surface area contributed by atoms with Crippen LogP contribution in [0.5, 0.6) is 5.75 Å². The van der Waals surface area contributed by atoms with Gasteiger partial charge in [-0.05, 0) is 50.2 Å². The molecule has 2 aromatic carbocycles. The molecule has 3 amide bonds. The first kappa shape index (κ1) is 31.3. The smallest absolute Gasteiger partial charge is 0.323 e. The fourth-order valence-corrected chi connectivity index (χ4v) is 4.92. The van der Waals surface area contributed by atoms with Crippen molar-refractivity contribution in [3.63, 3.8) is 0 Å². The van der Waals surface area contributed by atoms with E-state index in [-0.39, 0.29) is 17.9 Å². The van der Waals surface area contributed by atoms with E-state index < -0.39 is 0 Å². The van der Waals surface area contributed by atoms with Crippen LogP contribution in [0.1, 0.15) is 12.0 Å². The van der Waals surface area contributed by atoms with Gasteiger partial charge in [-0.3, -0.25) is 9.69 Å². The predicted molar refractivity (Wildman–Crippen MR) is 171 cm³/mol. The van der Waals surface area contributed by atoms with Crippen LogP contribution in [0.25, 0.3) is 0 Å². The Hall–Kier alpha value is -4.64. The third kappa shape index (κ3) is 8.68. The Bertz CT molecular complexity index is 1380. The predicted octanol–water partition coefficient (Wildman–Crippen LogP) is 3.98. The molecule has 228 valence electrons. The van der Waals surface area contributed by atoms with E-state index in [4.69, 9.17) is 4.74 Å². The van der Waals surface area contributed by atoms with Crippen LogP contribution in [0, 0.1) is 5.92 Å². The number of hydrogen-bond acceptors (Lipinski definition) is 8. The molecule has 3 aromatic rings. The van der Waals surface area contributed by atoms with Gasteiger partial charge in [-0.25, -0.2) is 14.8 Å². The highest BCUT2D eigenvalue weighted by molar-refractivity contribution is 5.91. The van der Waals surface area contributed by atoms with E-state index in [2.05, 4.69) is 58.1 Å². The summed E-state index contributed by atoms with van der Waals surface area (Å²) in [6.07, 6.45) is 3.55. The number of carbonyl (C=O) groups is 2. The quantitative estimate of drug-likeness (QED) is 0.290. The third-order valence-electron chi connectivity index (χ3n) is 7.45. The number of likely N-dealkylation sites (N-methyl/N-ethyl adjacent to an activating group) is 2. The summed E-state index contributed by atoms with van der Waals surface area (Å²) in [5, 5.41) is 6.35. The largest absolute Gasteiger partial charge is 0.494 e. The topological polar surface area (TPSA) is 106 Å². The van der Waals surface area contributed by atoms with Gasteiger partial charge >= 0.3 is 6.03 Å². The summed E-state index contributed by atoms with van der Waals surface area (Å²) in [6.45, 7) is 7.37. The fourth-order valence-electron chi connectivity index (χ4n) is 4.92. The van der Waals surface area contributed by atoms with Crippen LogP contribution in [0.4, 0.5) is 27.8 Å². The summed E-state index contributed by atoms with van der Waals surface area (Å²) in [5.41, 5.74) is 2.77. The highest BCUT2D eigenvalue weighted by atomic mass is 16.5. The normalized spacial score (nSPS) is 14.3. The van der Waals surface area contributed by atoms with Crippen molar-refractivity contribution < 1.29 is 14.3 Å². The molecule has 1 fully saturated rings. The second-order valence-corrected chi connectivity index (χ2v) is 10.9. The number of nitrogens with one attached hydrogen (secondary N) is 2. The maximum absolute atomic E-state index is 13.6. The number of rotatable bonds is 13. The van der Waals surface area contributed by atoms with Crippen molar-refractivity contribution in [2.45, 2.75) is 13.0 Å². The summed E-state index contributed by atoms with van der Waals surface area (Å²) < 4.78 is 5.69. The van der Waals surface area contributed by atoms with Crippen LogP contribution in [0.2, 0.25) is 0 Å². The lowest BCUT2D eigenvalue weighted by atomic mass is 10.1. The fraction of sp³-hybridized carbons (Fsp3) is 0.375. The molecular formula is C32H42N8O3. The standard InChI is InChI=1S/C32H42N8O3/c1-6-31(41)39-15-14-25(21-39)22-40(32(42)33-20-24-10-8-7-9-11-24)30-19-29(34-23-35-30)36-27-13-12-26(18-28(27)43-5)38(4)17-16-37(2)3/h6-13,18-19,23,25H,1,14-17,20-22H2,2-5H3,(H,33,42)(H,34,35,36). The van der Waals surface area contributed by atoms with Crippen LogP contribution in [-0.2, 0) is 11.3 Å². The molecule has 43 heavy (non-hydrogen) atoms. The van der Waals surface area contributed by atoms with Crippen molar-refractivity contribution >= 4 is 34.9 Å². The van der Waals surface area contributed by atoms with E-state index in [1.165, 1.54) is 12.4 Å². The number of benzene rings is 2. The van der Waals surface area contributed by atoms with Crippen molar-refractivity contribution in [3.05, 3.63) is 79.1 Å². The van der Waals surface area contributed by atoms with E-state index in [0.717, 1.165) is 36.4 Å². The van der Waals surface area contributed by atoms with Crippen molar-refractivity contribution in [3.8, 4) is 5.75 Å². The number of carbonyl (C=O) groups excluding carboxylic acids is 2. The molecular weight excluding hydrogens is 544 g/mol. The summed E-state index contributed by atoms with van der Waals surface area (Å²) in [6, 6.07) is 17.2. The number of hydrogen-bond donors (Lipinski definition) is 2. The van der Waals surface area contributed by atoms with Gasteiger partial charge in [0.25, 0.3) is 0 Å². The summed E-state index contributed by atoms with van der Waals surface area (Å²) in [5.74, 6) is 1.64. The Kier molecular flexibility index (Phi) is 10.9. The number of amides is 3. The Balaban J connectivity index is 1.53. The van der Waals surface area contributed by atoms with Gasteiger partial charge in [0, 0.05) is 64.1 Å². The summed E-state index contributed by atoms with van der Waals surface area (Å²) in [7, 11) is 7.79. The van der Waals surface area contributed by atoms with Gasteiger partial charge in [0.1, 0.15) is 23.7 Å². The van der Waals surface area contributed by atoms with E-state index in [1.54, 1.807) is 23.0 Å². The number of likely N-dealkylation sites (tertiary alicyclic amines) is 1. The lowest BCUT2D eigenvalue weighted by molar-refractivity contribution is -0.125. The molecule has 0 radical (unpaired) electrons. The molecule has 0 aliphatic carbocycles. The van der Waals surface area contributed by atoms with E-state index in [9.17, 15) is 9.59 Å². The van der Waals surface area contributed by atoms with Gasteiger partial charge in [-0.2, -0.15) is 0 Å². The van der Waals surface area contributed by atoms with E-state index >= 15 is 0 Å². The maximum atomic E-state index is 13.6. The van der Waals surface area contributed by atoms with Gasteiger partial charge in [0.15, 0.2) is 0 Å². The molecule has 1 aliphatic rings. The van der Waals surface area contributed by atoms with Gasteiger partial charge in [-0.1, -0.05) is 36.9 Å². The van der Waals surface area contributed by atoms with Crippen molar-refractivity contribution in [2.75, 3.05) is 76.1 Å². The average Bonchev–Trinajstić information content (AvgIpc) is 3.50. The number of anilines is 4. The molecule has 1 saturated heterocycles. The average molecular weight is 587 g/mol. The lowest BCUT2D eigenvalue weighted by Crippen LogP contribution is -2.43. The molecule has 11 heteroatoms. The molecule has 0 spiro atoms. The van der Waals surface area contributed by atoms with Crippen LogP contribution in [0.3, 0.4) is 0 Å². The van der Waals surface area contributed by atoms with E-state index in [1.807, 2.05) is 48.5 Å². The Labute approximate surface area is 254 Å². The molecule has 2 N–H and O–H groups in total. The monoisotopic (exact) mass is 586 g/mol. The number of urea groups is 1. The minimum Gasteiger partial charge on any atom is -0.494 e. The Morgan fingerprint density at radius 1 is 1.09 bits per heavy atom. The maximum Gasteiger partial charge on any atom is 0.323 e. The zero-order valence-electron chi connectivity index (χ0n) is 25.5. The van der Waals surface area contributed by atoms with Crippen molar-refractivity contribution in [1.82, 2.24) is 25.1 Å². The lowest BCUT2D eigenvalue weighted by Gasteiger charge is -2.26. The van der Waals surface area contributed by atoms with Gasteiger partial charge in [0.2, 0.25) is 5.91 Å². The summed E-state index contributed by atoms with van der Waals surface area (Å²) >= 11 is 0. The second-order valence-electron chi connectivity index (χ2n) is 10.9. The number of methoxy groups -OCH3 is 1. The first-order valence-corrected chi connectivity index (χ1v) is 14.4. The second kappa shape index (κ2) is 15.0. The molecule has 11 nitrogen and oxygen atoms in total. The SMILES string of the molecule is C=CC(=O)N1CCC(CN(C(=O)NCc2ccccc2)c2cc(Nc3ccc(N(C)CCN(C)C)cc3OC)ncn2)C1. The highest BCUT2D eigenvalue weighted by Crippen LogP contribution is 2.32. The van der Waals surface area contributed by atoms with Crippen LogP contribution in [-0.4, -0.2) is 92.7 Å². The highest BCUT2D eigenvalue weighted by Gasteiger charge is 2.29. The minimum absolute atomic E-state index is 0.0925. The van der Waals surface area contributed by atoms with Gasteiger partial charge < -0.3 is 30.1 Å². The summed E-state index contributed by atoms with van der Waals surface area (Å²) in [4.78, 5) is 42.3. The van der Waals surface area contributed by atoms with Crippen molar-refractivity contribution in [2.24, 2.45) is 5.92 Å². The minimum atomic E-state index is -0.273. The molecule has 1 aromatic heterocycles. The number of nitrogens with zero attached hydrogens (tertiary/aromatic N) is 6. The first-order chi connectivity index (χ1) is 20.8. The first-order valence-electron chi connectivity index (χ1n) is 14.4. The molecule has 4 rings (SSSR count). The molecule has 1 unspecified atom stereocenters. The number of aromatic nitrogens is 2. The third-order valence-corrected chi connectivity index (χ3v) is 7.45. The Morgan fingerprint density at radius 3 is 2.60 bits per heavy atom. The zero-order valence-corrected chi connectivity index (χ0v) is 25.5. The van der Waals surface area contributed by atoms with Crippen LogP contribution >= 0.6 is 0 Å².